The van der Waals surface area contributed by atoms with Gasteiger partial charge in [-0.15, -0.1) is 0 Å². The Balaban J connectivity index is 1.77. The van der Waals surface area contributed by atoms with Crippen molar-refractivity contribution in [2.45, 2.75) is 0 Å². The van der Waals surface area contributed by atoms with Crippen molar-refractivity contribution in [2.24, 2.45) is 5.10 Å². The number of halogens is 2. The summed E-state index contributed by atoms with van der Waals surface area (Å²) in [5, 5.41) is 6.39. The van der Waals surface area contributed by atoms with Crippen LogP contribution in [0.3, 0.4) is 0 Å². The first-order valence-corrected chi connectivity index (χ1v) is 7.08. The normalized spacial score (nSPS) is 11.1. The molecule has 1 aromatic heterocycles. The zero-order chi connectivity index (χ0) is 14.7. The lowest BCUT2D eigenvalue weighted by atomic mass is 10.2. The van der Waals surface area contributed by atoms with Gasteiger partial charge in [-0.2, -0.15) is 5.10 Å². The number of hydrazone groups is 1. The highest BCUT2D eigenvalue weighted by Gasteiger charge is 1.99. The van der Waals surface area contributed by atoms with Crippen LogP contribution >= 0.6 is 23.2 Å². The molecule has 0 unspecified atom stereocenters. The molecule has 0 radical (unpaired) electrons. The van der Waals surface area contributed by atoms with Crippen LogP contribution in [0.4, 0.5) is 5.82 Å². The van der Waals surface area contributed by atoms with Crippen LogP contribution in [0.1, 0.15) is 5.56 Å². The van der Waals surface area contributed by atoms with Gasteiger partial charge in [0.25, 0.3) is 0 Å². The van der Waals surface area contributed by atoms with E-state index in [1.54, 1.807) is 18.3 Å². The summed E-state index contributed by atoms with van der Waals surface area (Å²) in [4.78, 5) is 4.46. The summed E-state index contributed by atoms with van der Waals surface area (Å²) in [5.41, 5.74) is 4.60. The molecule has 0 saturated heterocycles. The SMILES string of the molecule is Clc1ccc(/C=N/Nc2ccc3ccccc3n2)c(Cl)c1. The maximum absolute atomic E-state index is 6.07. The zero-order valence-electron chi connectivity index (χ0n) is 10.9. The van der Waals surface area contributed by atoms with Crippen LogP contribution in [0.15, 0.2) is 59.7 Å². The van der Waals surface area contributed by atoms with Gasteiger partial charge in [0.05, 0.1) is 16.8 Å². The Hall–Kier alpha value is -2.10. The smallest absolute Gasteiger partial charge is 0.146 e. The molecule has 0 amide bonds. The van der Waals surface area contributed by atoms with Crippen molar-refractivity contribution >= 4 is 46.1 Å². The average molecular weight is 316 g/mol. The summed E-state index contributed by atoms with van der Waals surface area (Å²) < 4.78 is 0. The number of hydrogen-bond acceptors (Lipinski definition) is 3. The van der Waals surface area contributed by atoms with Gasteiger partial charge in [0.15, 0.2) is 0 Å². The molecule has 0 bridgehead atoms. The van der Waals surface area contributed by atoms with E-state index >= 15 is 0 Å². The van der Waals surface area contributed by atoms with Crippen molar-refractivity contribution in [1.82, 2.24) is 4.98 Å². The third-order valence-corrected chi connectivity index (χ3v) is 3.51. The molecule has 0 aliphatic heterocycles. The van der Waals surface area contributed by atoms with Crippen LogP contribution in [-0.4, -0.2) is 11.2 Å². The van der Waals surface area contributed by atoms with E-state index in [1.165, 1.54) is 0 Å². The van der Waals surface area contributed by atoms with Crippen molar-refractivity contribution in [3.05, 3.63) is 70.2 Å². The predicted octanol–water partition coefficient (Wildman–Crippen LogP) is 4.99. The van der Waals surface area contributed by atoms with E-state index in [1.807, 2.05) is 42.5 Å². The number of pyridine rings is 1. The third kappa shape index (κ3) is 3.32. The molecule has 1 N–H and O–H groups in total. The van der Waals surface area contributed by atoms with Gasteiger partial charge in [0.1, 0.15) is 5.82 Å². The Morgan fingerprint density at radius 1 is 1.00 bits per heavy atom. The number of benzene rings is 2. The quantitative estimate of drug-likeness (QED) is 0.546. The van der Waals surface area contributed by atoms with Crippen LogP contribution in [0, 0.1) is 0 Å². The van der Waals surface area contributed by atoms with Crippen molar-refractivity contribution in [2.75, 3.05) is 5.43 Å². The molecule has 104 valence electrons. The molecular weight excluding hydrogens is 305 g/mol. The fraction of sp³-hybridized carbons (Fsp3) is 0. The number of aromatic nitrogens is 1. The van der Waals surface area contributed by atoms with Crippen LogP contribution in [-0.2, 0) is 0 Å². The number of nitrogens with zero attached hydrogens (tertiary/aromatic N) is 2. The minimum Gasteiger partial charge on any atom is -0.261 e. The highest BCUT2D eigenvalue weighted by Crippen LogP contribution is 2.19. The van der Waals surface area contributed by atoms with Gasteiger partial charge in [-0.1, -0.05) is 47.5 Å². The second kappa shape index (κ2) is 6.12. The fourth-order valence-corrected chi connectivity index (χ4v) is 2.36. The van der Waals surface area contributed by atoms with Gasteiger partial charge in [0.2, 0.25) is 0 Å². The Bertz CT molecular complexity index is 815. The van der Waals surface area contributed by atoms with E-state index in [4.69, 9.17) is 23.2 Å². The first-order chi connectivity index (χ1) is 10.2. The van der Waals surface area contributed by atoms with E-state index in [0.29, 0.717) is 15.9 Å². The number of rotatable bonds is 3. The molecule has 2 aromatic carbocycles. The number of hydrogen-bond donors (Lipinski definition) is 1. The third-order valence-electron chi connectivity index (χ3n) is 2.94. The second-order valence-electron chi connectivity index (χ2n) is 4.43. The standard InChI is InChI=1S/C16H11Cl2N3/c17-13-7-5-12(14(18)9-13)10-19-21-16-8-6-11-3-1-2-4-15(11)20-16/h1-10H,(H,20,21)/b19-10+. The van der Waals surface area contributed by atoms with Crippen LogP contribution < -0.4 is 5.43 Å². The molecule has 0 aliphatic carbocycles. The van der Waals surface area contributed by atoms with Crippen molar-refractivity contribution in [3.8, 4) is 0 Å². The van der Waals surface area contributed by atoms with E-state index < -0.39 is 0 Å². The Morgan fingerprint density at radius 2 is 1.86 bits per heavy atom. The Morgan fingerprint density at radius 3 is 2.71 bits per heavy atom. The first kappa shape index (κ1) is 13.9. The summed E-state index contributed by atoms with van der Waals surface area (Å²) in [5.74, 6) is 0.676. The van der Waals surface area contributed by atoms with Gasteiger partial charge < -0.3 is 0 Å². The number of anilines is 1. The van der Waals surface area contributed by atoms with Crippen LogP contribution in [0.2, 0.25) is 10.0 Å². The highest BCUT2D eigenvalue weighted by atomic mass is 35.5. The van der Waals surface area contributed by atoms with Gasteiger partial charge >= 0.3 is 0 Å². The fourth-order valence-electron chi connectivity index (χ4n) is 1.90. The highest BCUT2D eigenvalue weighted by molar-refractivity contribution is 6.36. The maximum Gasteiger partial charge on any atom is 0.146 e. The largest absolute Gasteiger partial charge is 0.261 e. The molecule has 21 heavy (non-hydrogen) atoms. The summed E-state index contributed by atoms with van der Waals surface area (Å²) >= 11 is 11.9. The summed E-state index contributed by atoms with van der Waals surface area (Å²) in [6.07, 6.45) is 1.63. The van der Waals surface area contributed by atoms with Gasteiger partial charge in [-0.3, -0.25) is 5.43 Å². The molecule has 0 atom stereocenters. The number of para-hydroxylation sites is 1. The molecule has 3 nitrogen and oxygen atoms in total. The second-order valence-corrected chi connectivity index (χ2v) is 5.27. The molecule has 0 saturated carbocycles. The lowest BCUT2D eigenvalue weighted by molar-refractivity contribution is 1.26. The van der Waals surface area contributed by atoms with Crippen molar-refractivity contribution < 1.29 is 0 Å². The summed E-state index contributed by atoms with van der Waals surface area (Å²) in [7, 11) is 0. The molecular formula is C16H11Cl2N3. The molecule has 0 aliphatic rings. The van der Waals surface area contributed by atoms with Gasteiger partial charge in [0, 0.05) is 16.0 Å². The lowest BCUT2D eigenvalue weighted by Gasteiger charge is -2.02. The Kier molecular flexibility index (Phi) is 4.04. The van der Waals surface area contributed by atoms with Crippen molar-refractivity contribution in [3.63, 3.8) is 0 Å². The topological polar surface area (TPSA) is 37.3 Å². The molecule has 0 fully saturated rings. The van der Waals surface area contributed by atoms with E-state index in [-0.39, 0.29) is 0 Å². The van der Waals surface area contributed by atoms with Gasteiger partial charge in [-0.25, -0.2) is 4.98 Å². The summed E-state index contributed by atoms with van der Waals surface area (Å²) in [6, 6.07) is 17.0. The maximum atomic E-state index is 6.07. The molecule has 1 heterocycles. The van der Waals surface area contributed by atoms with Gasteiger partial charge in [-0.05, 0) is 30.3 Å². The zero-order valence-corrected chi connectivity index (χ0v) is 12.4. The molecule has 3 aromatic rings. The van der Waals surface area contributed by atoms with Crippen molar-refractivity contribution in [1.29, 1.82) is 0 Å². The number of fused-ring (bicyclic) bond motifs is 1. The van der Waals surface area contributed by atoms with E-state index in [9.17, 15) is 0 Å². The summed E-state index contributed by atoms with van der Waals surface area (Å²) in [6.45, 7) is 0. The van der Waals surface area contributed by atoms with E-state index in [0.717, 1.165) is 16.5 Å². The average Bonchev–Trinajstić information content (AvgIpc) is 2.49. The molecule has 5 heteroatoms. The number of nitrogens with one attached hydrogen (secondary N) is 1. The Labute approximate surface area is 132 Å². The minimum absolute atomic E-state index is 0.555. The predicted molar refractivity (Wildman–Crippen MR) is 89.4 cm³/mol. The molecule has 0 spiro atoms. The minimum atomic E-state index is 0.555. The van der Waals surface area contributed by atoms with E-state index in [2.05, 4.69) is 15.5 Å². The lowest BCUT2D eigenvalue weighted by Crippen LogP contribution is -1.94. The van der Waals surface area contributed by atoms with Crippen LogP contribution in [0.25, 0.3) is 10.9 Å². The van der Waals surface area contributed by atoms with Crippen LogP contribution in [0.5, 0.6) is 0 Å². The monoisotopic (exact) mass is 315 g/mol. The first-order valence-electron chi connectivity index (χ1n) is 6.32. The molecule has 3 rings (SSSR count).